The normalized spacial score (nSPS) is 24.0. The number of carbonyl (C=O) groups excluding carboxylic acids is 3. The number of ether oxygens (including phenoxy) is 2. The summed E-state index contributed by atoms with van der Waals surface area (Å²) in [7, 11) is 1.30. The summed E-state index contributed by atoms with van der Waals surface area (Å²) in [5, 5.41) is 14.1. The summed E-state index contributed by atoms with van der Waals surface area (Å²) in [4.78, 5) is 71.1. The predicted octanol–water partition coefficient (Wildman–Crippen LogP) is 6.90. The third-order valence-electron chi connectivity index (χ3n) is 12.3. The molecule has 8 atom stereocenters. The number of methoxy groups -OCH3 is 1. The molecular formula is C43H48N8O7. The van der Waals surface area contributed by atoms with E-state index in [4.69, 9.17) is 24.5 Å². The Balaban J connectivity index is 0.894. The molecule has 4 fully saturated rings. The number of imidazole rings is 2. The lowest BCUT2D eigenvalue weighted by Crippen LogP contribution is -2.52. The summed E-state index contributed by atoms with van der Waals surface area (Å²) in [6.07, 6.45) is 2.20. The minimum atomic E-state index is -1.09. The highest BCUT2D eigenvalue weighted by molar-refractivity contribution is 5.88. The summed E-state index contributed by atoms with van der Waals surface area (Å²) in [6.45, 7) is 5.94. The number of amides is 4. The Morgan fingerprint density at radius 2 is 1.43 bits per heavy atom. The average Bonchev–Trinajstić information content (AvgIpc) is 3.86. The van der Waals surface area contributed by atoms with Gasteiger partial charge in [0.05, 0.1) is 41.3 Å². The number of nitrogens with zero attached hydrogens (tertiary/aromatic N) is 4. The van der Waals surface area contributed by atoms with Crippen molar-refractivity contribution in [1.29, 1.82) is 0 Å². The number of aromatic nitrogens is 4. The molecule has 1 unspecified atom stereocenters. The van der Waals surface area contributed by atoms with Crippen LogP contribution in [0.15, 0.2) is 60.7 Å². The number of alkyl carbamates (subject to hydrolysis) is 1. The molecule has 58 heavy (non-hydrogen) atoms. The number of nitrogens with one attached hydrogen (secondary N) is 4. The Bertz CT molecular complexity index is 2430. The van der Waals surface area contributed by atoms with Crippen LogP contribution in [0, 0.1) is 23.7 Å². The number of carboxylic acid groups (broad SMARTS) is 1. The van der Waals surface area contributed by atoms with Crippen LogP contribution in [0.1, 0.15) is 76.6 Å². The molecule has 0 bridgehead atoms. The summed E-state index contributed by atoms with van der Waals surface area (Å²) >= 11 is 0. The van der Waals surface area contributed by atoms with Gasteiger partial charge in [0.2, 0.25) is 11.8 Å². The summed E-state index contributed by atoms with van der Waals surface area (Å²) in [6, 6.07) is 19.0. The third-order valence-corrected chi connectivity index (χ3v) is 12.3. The number of benzene rings is 3. The first kappa shape index (κ1) is 37.5. The van der Waals surface area contributed by atoms with Crippen molar-refractivity contribution in [2.24, 2.45) is 23.7 Å². The van der Waals surface area contributed by atoms with Crippen LogP contribution in [0.5, 0.6) is 11.5 Å². The van der Waals surface area contributed by atoms with E-state index in [0.29, 0.717) is 23.3 Å². The standard InChI is InChI=1S/C43H48N8O7/c1-21(2)38(49-43(56)57-4)41(53)51-34-16-26(34)18-36(51)40-45-29-10-8-24(14-31(29)47-40)23-6-5-7-27(13-23)58-28-9-11-30-32(19-28)48-39(46-30)35-17-25-15-33(25)50(35)37(52)12-22(3)20-44-42(54)55/h5-11,13-14,19,21-22,25-26,33-36,38,44H,12,15-18,20H2,1-4H3,(H,45,47)(H,46,48)(H,49,56)(H,54,55)/t22?,25-,26+,33-,34-,35+,36+,38-/m1/s1. The van der Waals surface area contributed by atoms with Crippen LogP contribution >= 0.6 is 0 Å². The van der Waals surface area contributed by atoms with Gasteiger partial charge in [0.25, 0.3) is 0 Å². The van der Waals surface area contributed by atoms with Gasteiger partial charge >= 0.3 is 12.2 Å². The number of hydrogen-bond acceptors (Lipinski definition) is 8. The second-order valence-electron chi connectivity index (χ2n) is 16.8. The van der Waals surface area contributed by atoms with Gasteiger partial charge in [-0.05, 0) is 96.9 Å². The van der Waals surface area contributed by atoms with E-state index in [9.17, 15) is 19.2 Å². The van der Waals surface area contributed by atoms with Crippen LogP contribution in [0.4, 0.5) is 9.59 Å². The Labute approximate surface area is 334 Å². The molecule has 4 aliphatic rings. The van der Waals surface area contributed by atoms with Crippen LogP contribution in [-0.2, 0) is 14.3 Å². The molecule has 5 N–H and O–H groups in total. The molecule has 2 aliphatic heterocycles. The zero-order valence-electron chi connectivity index (χ0n) is 32.9. The predicted molar refractivity (Wildman–Crippen MR) is 214 cm³/mol. The molecule has 0 spiro atoms. The minimum absolute atomic E-state index is 0.0285. The molecule has 4 amide bonds. The molecule has 0 radical (unpaired) electrons. The number of carbonyl (C=O) groups is 4. The fraction of sp³-hybridized carbons (Fsp3) is 0.442. The fourth-order valence-corrected chi connectivity index (χ4v) is 9.14. The smallest absolute Gasteiger partial charge is 0.407 e. The topological polar surface area (TPSA) is 195 Å². The Morgan fingerprint density at radius 1 is 0.810 bits per heavy atom. The van der Waals surface area contributed by atoms with Crippen molar-refractivity contribution >= 4 is 46.1 Å². The number of H-pyrrole nitrogens is 2. The van der Waals surface area contributed by atoms with Crippen molar-refractivity contribution in [3.05, 3.63) is 72.3 Å². The number of aromatic amines is 2. The molecule has 9 rings (SSSR count). The molecule has 2 saturated carbocycles. The van der Waals surface area contributed by atoms with Crippen molar-refractivity contribution in [3.63, 3.8) is 0 Å². The van der Waals surface area contributed by atoms with Crippen molar-refractivity contribution in [2.45, 2.75) is 83.1 Å². The Kier molecular flexibility index (Phi) is 9.48. The van der Waals surface area contributed by atoms with Gasteiger partial charge < -0.3 is 45.0 Å². The quantitative estimate of drug-likeness (QED) is 0.0894. The first-order valence-corrected chi connectivity index (χ1v) is 20.2. The number of fused-ring (bicyclic) bond motifs is 4. The van der Waals surface area contributed by atoms with Crippen LogP contribution in [0.2, 0.25) is 0 Å². The van der Waals surface area contributed by atoms with Gasteiger partial charge in [0.15, 0.2) is 0 Å². The monoisotopic (exact) mass is 788 g/mol. The summed E-state index contributed by atoms with van der Waals surface area (Å²) < 4.78 is 11.2. The van der Waals surface area contributed by atoms with E-state index < -0.39 is 18.2 Å². The van der Waals surface area contributed by atoms with Gasteiger partial charge in [-0.25, -0.2) is 19.6 Å². The third kappa shape index (κ3) is 7.17. The molecule has 2 aromatic heterocycles. The van der Waals surface area contributed by atoms with Crippen LogP contribution in [0.25, 0.3) is 33.2 Å². The molecular weight excluding hydrogens is 741 g/mol. The highest BCUT2D eigenvalue weighted by Gasteiger charge is 2.57. The second kappa shape index (κ2) is 14.7. The largest absolute Gasteiger partial charge is 0.465 e. The van der Waals surface area contributed by atoms with E-state index in [1.54, 1.807) is 0 Å². The molecule has 2 aliphatic carbocycles. The van der Waals surface area contributed by atoms with Crippen molar-refractivity contribution in [3.8, 4) is 22.6 Å². The number of hydrogen-bond donors (Lipinski definition) is 5. The van der Waals surface area contributed by atoms with E-state index in [0.717, 1.165) is 70.5 Å². The van der Waals surface area contributed by atoms with Gasteiger partial charge in [-0.2, -0.15) is 0 Å². The molecule has 2 saturated heterocycles. The Morgan fingerprint density at radius 3 is 2.10 bits per heavy atom. The zero-order valence-corrected chi connectivity index (χ0v) is 32.9. The molecule has 5 aromatic rings. The highest BCUT2D eigenvalue weighted by Crippen LogP contribution is 2.54. The minimum Gasteiger partial charge on any atom is -0.465 e. The second-order valence-corrected chi connectivity index (χ2v) is 16.8. The first-order valence-electron chi connectivity index (χ1n) is 20.2. The van der Waals surface area contributed by atoms with Gasteiger partial charge in [-0.1, -0.05) is 39.0 Å². The van der Waals surface area contributed by atoms with Crippen LogP contribution < -0.4 is 15.4 Å². The van der Waals surface area contributed by atoms with E-state index in [1.165, 1.54) is 7.11 Å². The van der Waals surface area contributed by atoms with Gasteiger partial charge in [-0.15, -0.1) is 0 Å². The molecule has 4 heterocycles. The lowest BCUT2D eigenvalue weighted by Gasteiger charge is -2.31. The van der Waals surface area contributed by atoms with E-state index >= 15 is 0 Å². The SMILES string of the molecule is COC(=O)N[C@@H](C(=O)N1[C@@H]2C[C@H]2C[C@H]1c1nc2cc(-c3cccc(Oc4ccc5[nH]c([C@@H]6C[C@H]7C[C@H]7N6C(=O)CC(C)CNC(=O)O)nc5c4)c3)ccc2[nH]1)C(C)C. The fourth-order valence-electron chi connectivity index (χ4n) is 9.14. The molecule has 15 nitrogen and oxygen atoms in total. The van der Waals surface area contributed by atoms with Crippen LogP contribution in [0.3, 0.4) is 0 Å². The van der Waals surface area contributed by atoms with E-state index in [-0.39, 0.29) is 60.8 Å². The van der Waals surface area contributed by atoms with E-state index in [2.05, 4.69) is 20.6 Å². The lowest BCUT2D eigenvalue weighted by atomic mass is 10.0. The lowest BCUT2D eigenvalue weighted by molar-refractivity contribution is -0.137. The number of piperidine rings is 2. The maximum absolute atomic E-state index is 13.9. The van der Waals surface area contributed by atoms with Gasteiger partial charge in [0.1, 0.15) is 29.2 Å². The van der Waals surface area contributed by atoms with Crippen LogP contribution in [-0.4, -0.2) is 90.6 Å². The Hall–Kier alpha value is -6.12. The zero-order chi connectivity index (χ0) is 40.4. The first-order chi connectivity index (χ1) is 27.9. The average molecular weight is 789 g/mol. The molecule has 15 heteroatoms. The van der Waals surface area contributed by atoms with Gasteiger partial charge in [0, 0.05) is 31.1 Å². The van der Waals surface area contributed by atoms with Gasteiger partial charge in [-0.3, -0.25) is 9.59 Å². The summed E-state index contributed by atoms with van der Waals surface area (Å²) in [5.74, 6) is 3.38. The van der Waals surface area contributed by atoms with Crippen molar-refractivity contribution in [2.75, 3.05) is 13.7 Å². The molecule has 302 valence electrons. The highest BCUT2D eigenvalue weighted by atomic mass is 16.5. The van der Waals surface area contributed by atoms with E-state index in [1.807, 2.05) is 91.2 Å². The number of likely N-dealkylation sites (tertiary alicyclic amines) is 2. The van der Waals surface area contributed by atoms with Crippen molar-refractivity contribution < 1.29 is 33.8 Å². The van der Waals surface area contributed by atoms with Crippen molar-refractivity contribution in [1.82, 2.24) is 40.4 Å². The maximum Gasteiger partial charge on any atom is 0.407 e. The maximum atomic E-state index is 13.9. The summed E-state index contributed by atoms with van der Waals surface area (Å²) in [5.41, 5.74) is 5.20. The number of rotatable bonds is 12. The molecule has 3 aromatic carbocycles.